The lowest BCUT2D eigenvalue weighted by atomic mass is 9.47. The molecule has 0 heterocycles. The van der Waals surface area contributed by atoms with Crippen LogP contribution in [-0.2, 0) is 19.1 Å². The zero-order valence-corrected chi connectivity index (χ0v) is 32.5. The molecule has 0 aromatic rings. The van der Waals surface area contributed by atoms with E-state index >= 15 is 0 Å². The Morgan fingerprint density at radius 2 is 1.18 bits per heavy atom. The van der Waals surface area contributed by atoms with Crippen molar-refractivity contribution in [1.29, 1.82) is 0 Å². The average molecular weight is 701 g/mol. The molecule has 0 aliphatic heterocycles. The molecule has 0 radical (unpaired) electrons. The maximum absolute atomic E-state index is 12.7. The third-order valence-corrected chi connectivity index (χ3v) is 18.3. The average Bonchev–Trinajstić information content (AvgIpc) is 3.83. The summed E-state index contributed by atoms with van der Waals surface area (Å²) in [7, 11) is 0. The van der Waals surface area contributed by atoms with E-state index in [0.717, 1.165) is 81.5 Å². The number of hydrogen-bond donors (Lipinski definition) is 1. The van der Waals surface area contributed by atoms with Crippen LogP contribution in [0.5, 0.6) is 0 Å². The lowest BCUT2D eigenvalue weighted by Gasteiger charge is -2.57. The van der Waals surface area contributed by atoms with E-state index in [1.165, 1.54) is 88.2 Å². The van der Waals surface area contributed by atoms with Crippen LogP contribution in [0.1, 0.15) is 169 Å². The van der Waals surface area contributed by atoms with Crippen LogP contribution in [0, 0.1) is 63.1 Å². The second-order valence-corrected chi connectivity index (χ2v) is 20.4. The SMILES string of the molecule is C[C@]12CC[C@H]3[C@@H](CCC4=CC(=O)CC[C@@]43C)[C@@H]1CC[C@@H]2O.C[C@]12CC[C@H]3[C@@H](CCC4=CC(=O)CC[C@@]43C)[C@@H]1CC[C@@H]2OC(=O)CCC1CCCC1. The van der Waals surface area contributed by atoms with E-state index in [-0.39, 0.29) is 39.8 Å². The van der Waals surface area contributed by atoms with Crippen LogP contribution in [0.4, 0.5) is 0 Å². The number of ether oxygens (including phenoxy) is 1. The van der Waals surface area contributed by atoms with Crippen LogP contribution in [-0.4, -0.2) is 34.9 Å². The molecule has 7 fully saturated rings. The van der Waals surface area contributed by atoms with Gasteiger partial charge in [-0.05, 0) is 166 Å². The molecule has 9 aliphatic rings. The van der Waals surface area contributed by atoms with Gasteiger partial charge in [0.1, 0.15) is 6.10 Å². The number of aliphatic hydroxyl groups excluding tert-OH is 1. The number of aliphatic hydroxyl groups is 1. The Bertz CT molecular complexity index is 1450. The molecular formula is C46H68O5. The fourth-order valence-corrected chi connectivity index (χ4v) is 15.1. The van der Waals surface area contributed by atoms with Gasteiger partial charge in [-0.1, -0.05) is 64.5 Å². The second-order valence-electron chi connectivity index (χ2n) is 20.4. The summed E-state index contributed by atoms with van der Waals surface area (Å²) in [5.74, 6) is 5.86. The molecule has 5 nitrogen and oxygen atoms in total. The Labute approximate surface area is 308 Å². The van der Waals surface area contributed by atoms with Gasteiger partial charge in [0, 0.05) is 24.7 Å². The summed E-state index contributed by atoms with van der Waals surface area (Å²) in [5, 5.41) is 10.4. The monoisotopic (exact) mass is 701 g/mol. The van der Waals surface area contributed by atoms with Crippen LogP contribution < -0.4 is 0 Å². The van der Waals surface area contributed by atoms with E-state index in [9.17, 15) is 19.5 Å². The van der Waals surface area contributed by atoms with Crippen LogP contribution in [0.25, 0.3) is 0 Å². The molecular weight excluding hydrogens is 633 g/mol. The molecule has 0 bridgehead atoms. The van der Waals surface area contributed by atoms with Crippen LogP contribution in [0.15, 0.2) is 23.3 Å². The van der Waals surface area contributed by atoms with Crippen LogP contribution in [0.2, 0.25) is 0 Å². The number of carbonyl (C=O) groups is 3. The summed E-state index contributed by atoms with van der Waals surface area (Å²) in [6, 6.07) is 0. The summed E-state index contributed by atoms with van der Waals surface area (Å²) >= 11 is 0. The molecule has 0 aromatic heterocycles. The maximum atomic E-state index is 12.7. The molecule has 0 aromatic carbocycles. The largest absolute Gasteiger partial charge is 0.462 e. The first-order chi connectivity index (χ1) is 24.3. The summed E-state index contributed by atoms with van der Waals surface area (Å²) in [4.78, 5) is 36.5. The van der Waals surface area contributed by atoms with E-state index in [4.69, 9.17) is 4.74 Å². The molecule has 12 atom stereocenters. The van der Waals surface area contributed by atoms with Crippen molar-refractivity contribution < 1.29 is 24.2 Å². The van der Waals surface area contributed by atoms with Crippen molar-refractivity contribution in [3.63, 3.8) is 0 Å². The summed E-state index contributed by atoms with van der Waals surface area (Å²) in [5.41, 5.74) is 3.72. The lowest BCUT2D eigenvalue weighted by molar-refractivity contribution is -0.160. The first-order valence-corrected chi connectivity index (χ1v) is 21.7. The first-order valence-electron chi connectivity index (χ1n) is 21.7. The zero-order valence-electron chi connectivity index (χ0n) is 32.5. The third kappa shape index (κ3) is 6.08. The maximum Gasteiger partial charge on any atom is 0.306 e. The molecule has 0 saturated heterocycles. The number of ketones is 2. The van der Waals surface area contributed by atoms with E-state index in [0.29, 0.717) is 35.7 Å². The Morgan fingerprint density at radius 3 is 1.76 bits per heavy atom. The van der Waals surface area contributed by atoms with Crippen molar-refractivity contribution >= 4 is 17.5 Å². The van der Waals surface area contributed by atoms with Crippen LogP contribution in [0.3, 0.4) is 0 Å². The van der Waals surface area contributed by atoms with Gasteiger partial charge in [-0.2, -0.15) is 0 Å². The second kappa shape index (κ2) is 13.5. The summed E-state index contributed by atoms with van der Waals surface area (Å²) < 4.78 is 6.17. The Balaban J connectivity index is 0.000000156. The van der Waals surface area contributed by atoms with Crippen molar-refractivity contribution in [3.05, 3.63) is 23.3 Å². The lowest BCUT2D eigenvalue weighted by Crippen LogP contribution is -2.51. The number of esters is 1. The van der Waals surface area contributed by atoms with Crippen LogP contribution >= 0.6 is 0 Å². The molecule has 0 amide bonds. The zero-order chi connectivity index (χ0) is 35.8. The topological polar surface area (TPSA) is 80.7 Å². The van der Waals surface area contributed by atoms with Gasteiger partial charge >= 0.3 is 5.97 Å². The molecule has 1 N–H and O–H groups in total. The molecule has 0 spiro atoms. The number of hydrogen-bond acceptors (Lipinski definition) is 5. The normalized spacial score (nSPS) is 47.3. The van der Waals surface area contributed by atoms with Crippen molar-refractivity contribution in [1.82, 2.24) is 0 Å². The Morgan fingerprint density at radius 1 is 0.647 bits per heavy atom. The van der Waals surface area contributed by atoms with Gasteiger partial charge in [0.2, 0.25) is 0 Å². The van der Waals surface area contributed by atoms with Gasteiger partial charge < -0.3 is 9.84 Å². The molecule has 9 rings (SSSR count). The molecule has 0 unspecified atom stereocenters. The molecule has 282 valence electrons. The molecule has 51 heavy (non-hydrogen) atoms. The summed E-state index contributed by atoms with van der Waals surface area (Å²) in [6.45, 7) is 9.63. The predicted molar refractivity (Wildman–Crippen MR) is 200 cm³/mol. The van der Waals surface area contributed by atoms with Gasteiger partial charge in [0.05, 0.1) is 6.10 Å². The minimum absolute atomic E-state index is 0.0579. The van der Waals surface area contributed by atoms with Crippen molar-refractivity contribution in [2.24, 2.45) is 63.1 Å². The summed E-state index contributed by atoms with van der Waals surface area (Å²) in [6.07, 6.45) is 28.5. The predicted octanol–water partition coefficient (Wildman–Crippen LogP) is 10.3. The quantitative estimate of drug-likeness (QED) is 0.295. The highest BCUT2D eigenvalue weighted by Crippen LogP contribution is 2.67. The van der Waals surface area contributed by atoms with E-state index in [1.54, 1.807) is 0 Å². The van der Waals surface area contributed by atoms with Crippen molar-refractivity contribution in [2.75, 3.05) is 0 Å². The number of rotatable bonds is 4. The fraction of sp³-hybridized carbons (Fsp3) is 0.848. The van der Waals surface area contributed by atoms with E-state index in [2.05, 4.69) is 27.7 Å². The molecule has 9 aliphatic carbocycles. The smallest absolute Gasteiger partial charge is 0.306 e. The van der Waals surface area contributed by atoms with Gasteiger partial charge in [0.15, 0.2) is 11.6 Å². The highest BCUT2D eigenvalue weighted by molar-refractivity contribution is 5.92. The van der Waals surface area contributed by atoms with Crippen molar-refractivity contribution in [2.45, 2.75) is 181 Å². The number of fused-ring (bicyclic) bond motifs is 10. The Kier molecular flexibility index (Phi) is 9.61. The minimum Gasteiger partial charge on any atom is -0.462 e. The third-order valence-electron chi connectivity index (χ3n) is 18.3. The van der Waals surface area contributed by atoms with E-state index < -0.39 is 0 Å². The molecule has 7 saturated carbocycles. The highest BCUT2D eigenvalue weighted by atomic mass is 16.5. The fourth-order valence-electron chi connectivity index (χ4n) is 15.1. The van der Waals surface area contributed by atoms with Gasteiger partial charge in [-0.25, -0.2) is 0 Å². The van der Waals surface area contributed by atoms with Gasteiger partial charge in [-0.15, -0.1) is 0 Å². The van der Waals surface area contributed by atoms with Gasteiger partial charge in [0.25, 0.3) is 0 Å². The first kappa shape index (κ1) is 36.2. The van der Waals surface area contributed by atoms with E-state index in [1.807, 2.05) is 12.2 Å². The van der Waals surface area contributed by atoms with Gasteiger partial charge in [-0.3, -0.25) is 14.4 Å². The minimum atomic E-state index is -0.0823. The standard InChI is InChI=1S/C27H40O3.C19H28O2/c1-26-15-13-20(28)17-19(26)8-9-21-22-10-11-24(27(22,2)16-14-23(21)26)30-25(29)12-7-18-5-3-4-6-18;1-18-9-7-13(20)11-12(18)3-4-14-15-5-6-17(21)19(15,2)10-8-16(14)18/h17-18,21-24H,3-16H2,1-2H3;11,14-17,21H,3-10H2,1-2H3/t21-,22-,23-,24-,26-,27-;14-,15-,16-,17-,18-,19-/m00/s1. The number of carbonyl (C=O) groups excluding carboxylic acids is 3. The number of allylic oxidation sites excluding steroid dienone is 2. The van der Waals surface area contributed by atoms with Crippen molar-refractivity contribution in [3.8, 4) is 0 Å². The highest BCUT2D eigenvalue weighted by Gasteiger charge is 2.61. The molecule has 5 heteroatoms. The Hall–Kier alpha value is -1.75.